The molecular weight excluding hydrogens is 379 g/mol. The van der Waals surface area contributed by atoms with Crippen LogP contribution in [0.15, 0.2) is 24.4 Å². The van der Waals surface area contributed by atoms with Gasteiger partial charge in [0.05, 0.1) is 19.6 Å². The Morgan fingerprint density at radius 2 is 2.07 bits per heavy atom. The lowest BCUT2D eigenvalue weighted by atomic mass is 9.97. The van der Waals surface area contributed by atoms with Gasteiger partial charge in [-0.2, -0.15) is 0 Å². The van der Waals surface area contributed by atoms with Crippen molar-refractivity contribution in [2.24, 2.45) is 5.41 Å². The van der Waals surface area contributed by atoms with Crippen LogP contribution in [0.25, 0.3) is 0 Å². The molecule has 1 saturated heterocycles. The van der Waals surface area contributed by atoms with Crippen molar-refractivity contribution in [3.05, 3.63) is 41.2 Å². The molecule has 2 aliphatic heterocycles. The molecule has 8 nitrogen and oxygen atoms in total. The Morgan fingerprint density at radius 3 is 2.75 bits per heavy atom. The number of fused-ring (bicyclic) bond motifs is 1. The number of amides is 1. The number of carbonyl (C=O) groups is 1. The van der Waals surface area contributed by atoms with Crippen LogP contribution in [0.1, 0.15) is 36.3 Å². The normalized spacial score (nSPS) is 21.0. The Morgan fingerprint density at radius 1 is 1.32 bits per heavy atom. The van der Waals surface area contributed by atoms with Gasteiger partial charge in [-0.1, -0.05) is 26.0 Å². The Kier molecular flexibility index (Phi) is 4.81. The summed E-state index contributed by atoms with van der Waals surface area (Å²) in [6, 6.07) is 5.63. The number of nitrogens with one attached hydrogen (secondary N) is 3. The molecule has 0 spiro atoms. The topological polar surface area (TPSA) is 105 Å². The predicted molar refractivity (Wildman–Crippen MR) is 107 cm³/mol. The Balaban J connectivity index is 1.62. The minimum Gasteiger partial charge on any atom is -0.355 e. The van der Waals surface area contributed by atoms with Crippen LogP contribution >= 0.6 is 7.60 Å². The molecule has 0 radical (unpaired) electrons. The molecule has 28 heavy (non-hydrogen) atoms. The summed E-state index contributed by atoms with van der Waals surface area (Å²) in [4.78, 5) is 19.0. The SMILES string of the molecule is Cc1cnc(NCC(c2ccc3c(c2)CC(=O)N3)P2(=O)OCC(C)(C)CO2)[nH]1. The molecule has 1 unspecified atom stereocenters. The number of aromatic nitrogens is 2. The number of hydrogen-bond acceptors (Lipinski definition) is 6. The molecular formula is C19H25N4O4P. The van der Waals surface area contributed by atoms with Crippen LogP contribution in [-0.4, -0.2) is 35.6 Å². The third-order valence-electron chi connectivity index (χ3n) is 4.96. The van der Waals surface area contributed by atoms with E-state index in [4.69, 9.17) is 9.05 Å². The van der Waals surface area contributed by atoms with Crippen molar-refractivity contribution in [3.8, 4) is 0 Å². The molecule has 150 valence electrons. The number of anilines is 2. The van der Waals surface area contributed by atoms with Crippen molar-refractivity contribution in [3.63, 3.8) is 0 Å². The van der Waals surface area contributed by atoms with Crippen LogP contribution in [0.2, 0.25) is 0 Å². The Bertz CT molecular complexity index is 941. The maximum absolute atomic E-state index is 13.6. The number of hydrogen-bond donors (Lipinski definition) is 3. The molecule has 2 aliphatic rings. The average molecular weight is 404 g/mol. The van der Waals surface area contributed by atoms with Crippen LogP contribution in [-0.2, 0) is 24.8 Å². The molecule has 4 rings (SSSR count). The van der Waals surface area contributed by atoms with E-state index >= 15 is 0 Å². The average Bonchev–Trinajstić information content (AvgIpc) is 3.22. The first-order chi connectivity index (χ1) is 13.2. The van der Waals surface area contributed by atoms with Crippen LogP contribution in [0, 0.1) is 12.3 Å². The van der Waals surface area contributed by atoms with Crippen LogP contribution in [0.4, 0.5) is 11.6 Å². The van der Waals surface area contributed by atoms with Gasteiger partial charge in [-0.15, -0.1) is 0 Å². The Labute approximate surface area is 164 Å². The van der Waals surface area contributed by atoms with Gasteiger partial charge in [0, 0.05) is 29.5 Å². The van der Waals surface area contributed by atoms with Gasteiger partial charge < -0.3 is 24.7 Å². The summed E-state index contributed by atoms with van der Waals surface area (Å²) in [7, 11) is -3.41. The van der Waals surface area contributed by atoms with Crippen LogP contribution in [0.5, 0.6) is 0 Å². The van der Waals surface area contributed by atoms with E-state index in [2.05, 4.69) is 20.6 Å². The molecule has 3 heterocycles. The summed E-state index contributed by atoms with van der Waals surface area (Å²) in [6.45, 7) is 7.00. The first-order valence-corrected chi connectivity index (χ1v) is 10.9. The largest absolute Gasteiger partial charge is 0.355 e. The number of benzene rings is 1. The van der Waals surface area contributed by atoms with Crippen molar-refractivity contribution in [1.29, 1.82) is 0 Å². The molecule has 2 aromatic rings. The molecule has 0 bridgehead atoms. The van der Waals surface area contributed by atoms with Gasteiger partial charge in [-0.25, -0.2) is 4.98 Å². The highest BCUT2D eigenvalue weighted by Gasteiger charge is 2.44. The molecule has 1 aromatic carbocycles. The molecule has 0 aliphatic carbocycles. The fourth-order valence-electron chi connectivity index (χ4n) is 3.35. The van der Waals surface area contributed by atoms with Gasteiger partial charge in [0.25, 0.3) is 0 Å². The summed E-state index contributed by atoms with van der Waals surface area (Å²) >= 11 is 0. The second kappa shape index (κ2) is 7.03. The third kappa shape index (κ3) is 3.85. The van der Waals surface area contributed by atoms with Crippen molar-refractivity contribution in [1.82, 2.24) is 9.97 Å². The highest BCUT2D eigenvalue weighted by atomic mass is 31.2. The molecule has 1 fully saturated rings. The lowest BCUT2D eigenvalue weighted by molar-refractivity contribution is -0.115. The highest BCUT2D eigenvalue weighted by molar-refractivity contribution is 7.54. The van der Waals surface area contributed by atoms with Gasteiger partial charge in [-0.05, 0) is 24.1 Å². The summed E-state index contributed by atoms with van der Waals surface area (Å²) in [5.41, 5.74) is 2.74. The molecule has 0 saturated carbocycles. The zero-order chi connectivity index (χ0) is 19.9. The second-order valence-corrected chi connectivity index (χ2v) is 10.4. The first-order valence-electron chi connectivity index (χ1n) is 9.31. The molecule has 3 N–H and O–H groups in total. The maximum atomic E-state index is 13.6. The van der Waals surface area contributed by atoms with E-state index in [0.29, 0.717) is 32.1 Å². The zero-order valence-electron chi connectivity index (χ0n) is 16.2. The predicted octanol–water partition coefficient (Wildman–Crippen LogP) is 3.63. The third-order valence-corrected chi connectivity index (χ3v) is 7.18. The monoisotopic (exact) mass is 404 g/mol. The van der Waals surface area contributed by atoms with E-state index in [0.717, 1.165) is 22.5 Å². The number of imidazole rings is 1. The number of carbonyl (C=O) groups excluding carboxylic acids is 1. The second-order valence-electron chi connectivity index (χ2n) is 8.20. The minimum absolute atomic E-state index is 0.0357. The highest BCUT2D eigenvalue weighted by Crippen LogP contribution is 2.64. The summed E-state index contributed by atoms with van der Waals surface area (Å²) in [6.07, 6.45) is 2.04. The lowest BCUT2D eigenvalue weighted by Crippen LogP contribution is -2.31. The van der Waals surface area contributed by atoms with Crippen molar-refractivity contribution < 1.29 is 18.4 Å². The molecule has 1 atom stereocenters. The fourth-order valence-corrected chi connectivity index (χ4v) is 5.69. The van der Waals surface area contributed by atoms with E-state index in [1.165, 1.54) is 0 Å². The van der Waals surface area contributed by atoms with Crippen LogP contribution < -0.4 is 10.6 Å². The number of nitrogens with zero attached hydrogens (tertiary/aromatic N) is 1. The smallest absolute Gasteiger partial charge is 0.339 e. The van der Waals surface area contributed by atoms with Gasteiger partial charge in [0.2, 0.25) is 5.91 Å². The van der Waals surface area contributed by atoms with Gasteiger partial charge in [0.1, 0.15) is 5.66 Å². The van der Waals surface area contributed by atoms with E-state index in [1.807, 2.05) is 39.0 Å². The number of aromatic amines is 1. The summed E-state index contributed by atoms with van der Waals surface area (Å²) in [5.74, 6) is 0.566. The lowest BCUT2D eigenvalue weighted by Gasteiger charge is -2.37. The molecule has 1 aromatic heterocycles. The Hall–Kier alpha value is -2.15. The van der Waals surface area contributed by atoms with Gasteiger partial charge >= 0.3 is 7.60 Å². The quantitative estimate of drug-likeness (QED) is 0.657. The van der Waals surface area contributed by atoms with E-state index in [1.54, 1.807) is 6.20 Å². The van der Waals surface area contributed by atoms with Crippen molar-refractivity contribution in [2.75, 3.05) is 30.4 Å². The van der Waals surface area contributed by atoms with Crippen LogP contribution in [0.3, 0.4) is 0 Å². The number of H-pyrrole nitrogens is 1. The summed E-state index contributed by atoms with van der Waals surface area (Å²) in [5, 5.41) is 6.03. The first kappa shape index (κ1) is 19.2. The standard InChI is InChI=1S/C19H25N4O4P/c1-12-8-20-18(22-12)21-9-16(28(25)26-10-19(2,3)11-27-28)13-4-5-15-14(6-13)7-17(24)23-15/h4-6,8,16H,7,9-11H2,1-3H3,(H,23,24)(H2,20,21,22). The van der Waals surface area contributed by atoms with Gasteiger partial charge in [0.15, 0.2) is 5.95 Å². The summed E-state index contributed by atoms with van der Waals surface area (Å²) < 4.78 is 25.2. The van der Waals surface area contributed by atoms with Crippen molar-refractivity contribution >= 4 is 25.1 Å². The minimum atomic E-state index is -3.41. The maximum Gasteiger partial charge on any atom is 0.339 e. The van der Waals surface area contributed by atoms with Gasteiger partial charge in [-0.3, -0.25) is 9.36 Å². The molecule has 9 heteroatoms. The number of rotatable bonds is 5. The molecule has 1 amide bonds. The van der Waals surface area contributed by atoms with E-state index in [-0.39, 0.29) is 11.3 Å². The van der Waals surface area contributed by atoms with E-state index < -0.39 is 13.3 Å². The van der Waals surface area contributed by atoms with E-state index in [9.17, 15) is 9.36 Å². The zero-order valence-corrected chi connectivity index (χ0v) is 17.1. The number of aryl methyl sites for hydroxylation is 1. The fraction of sp³-hybridized carbons (Fsp3) is 0.474. The van der Waals surface area contributed by atoms with Crippen molar-refractivity contribution in [2.45, 2.75) is 32.9 Å².